The second-order valence-corrected chi connectivity index (χ2v) is 10.4. The highest BCUT2D eigenvalue weighted by atomic mass is 19.1. The highest BCUT2D eigenvalue weighted by Gasteiger charge is 2.34. The molecule has 0 radical (unpaired) electrons. The minimum absolute atomic E-state index is 0.0490. The van der Waals surface area contributed by atoms with Crippen molar-refractivity contribution in [3.05, 3.63) is 63.3 Å². The van der Waals surface area contributed by atoms with Gasteiger partial charge in [-0.05, 0) is 75.6 Å². The fourth-order valence-electron chi connectivity index (χ4n) is 5.77. The molecule has 0 saturated heterocycles. The maximum atomic E-state index is 14.4. The summed E-state index contributed by atoms with van der Waals surface area (Å²) >= 11 is 0. The molecular formula is C29H31FN6O. The van der Waals surface area contributed by atoms with E-state index < -0.39 is 0 Å². The molecule has 2 heterocycles. The summed E-state index contributed by atoms with van der Waals surface area (Å²) in [6.07, 6.45) is 6.06. The Balaban J connectivity index is 1.44. The van der Waals surface area contributed by atoms with Gasteiger partial charge in [0.25, 0.3) is 5.56 Å². The molecular weight excluding hydrogens is 467 g/mol. The summed E-state index contributed by atoms with van der Waals surface area (Å²) < 4.78 is 15.8. The molecule has 0 aliphatic heterocycles. The zero-order valence-corrected chi connectivity index (χ0v) is 21.5. The fraction of sp³-hybridized carbons (Fsp3) is 0.448. The third kappa shape index (κ3) is 4.53. The molecule has 0 amide bonds. The maximum Gasteiger partial charge on any atom is 0.270 e. The first-order chi connectivity index (χ1) is 17.8. The Labute approximate surface area is 216 Å². The number of fused-ring (bicyclic) bond motifs is 1. The predicted octanol–water partition coefficient (Wildman–Crippen LogP) is 4.79. The Morgan fingerprint density at radius 1 is 1.05 bits per heavy atom. The number of aryl methyl sites for hydroxylation is 1. The molecule has 2 saturated carbocycles. The molecule has 2 aromatic heterocycles. The quantitative estimate of drug-likeness (QED) is 0.486. The van der Waals surface area contributed by atoms with Gasteiger partial charge >= 0.3 is 0 Å². The van der Waals surface area contributed by atoms with Crippen molar-refractivity contribution in [1.82, 2.24) is 9.55 Å². The largest absolute Gasteiger partial charge is 0.369 e. The third-order valence-corrected chi connectivity index (χ3v) is 8.15. The van der Waals surface area contributed by atoms with Crippen LogP contribution in [0.1, 0.15) is 55.3 Å². The Morgan fingerprint density at radius 3 is 2.41 bits per heavy atom. The van der Waals surface area contributed by atoms with Crippen molar-refractivity contribution < 1.29 is 4.39 Å². The number of benzene rings is 1. The lowest BCUT2D eigenvalue weighted by Gasteiger charge is -2.42. The van der Waals surface area contributed by atoms with E-state index in [1.165, 1.54) is 23.5 Å². The lowest BCUT2D eigenvalue weighted by atomic mass is 9.88. The normalized spacial score (nSPS) is 19.3. The van der Waals surface area contributed by atoms with E-state index in [1.54, 1.807) is 25.2 Å². The van der Waals surface area contributed by atoms with Gasteiger partial charge in [-0.2, -0.15) is 10.5 Å². The summed E-state index contributed by atoms with van der Waals surface area (Å²) in [5, 5.41) is 19.3. The number of rotatable bonds is 6. The van der Waals surface area contributed by atoms with E-state index in [4.69, 9.17) is 0 Å². The average Bonchev–Trinajstić information content (AvgIpc) is 3.74. The van der Waals surface area contributed by atoms with Gasteiger partial charge in [0.05, 0.1) is 11.2 Å². The van der Waals surface area contributed by atoms with Crippen molar-refractivity contribution in [1.29, 1.82) is 10.5 Å². The van der Waals surface area contributed by atoms with Gasteiger partial charge in [-0.15, -0.1) is 0 Å². The Kier molecular flexibility index (Phi) is 6.60. The van der Waals surface area contributed by atoms with Gasteiger partial charge in [0, 0.05) is 44.0 Å². The molecule has 2 aliphatic carbocycles. The fourth-order valence-corrected chi connectivity index (χ4v) is 5.77. The summed E-state index contributed by atoms with van der Waals surface area (Å²) in [4.78, 5) is 22.0. The van der Waals surface area contributed by atoms with Crippen molar-refractivity contribution in [3.8, 4) is 12.1 Å². The van der Waals surface area contributed by atoms with Crippen molar-refractivity contribution in [3.63, 3.8) is 0 Å². The molecule has 37 heavy (non-hydrogen) atoms. The molecule has 0 bridgehead atoms. The molecule has 5 rings (SSSR count). The number of hydrogen-bond acceptors (Lipinski definition) is 6. The van der Waals surface area contributed by atoms with E-state index in [2.05, 4.69) is 22.0 Å². The van der Waals surface area contributed by atoms with Crippen LogP contribution in [0.2, 0.25) is 0 Å². The Hall–Kier alpha value is -3.91. The van der Waals surface area contributed by atoms with Gasteiger partial charge in [0.1, 0.15) is 34.7 Å². The number of anilines is 2. The molecule has 0 unspecified atom stereocenters. The third-order valence-electron chi connectivity index (χ3n) is 8.15. The van der Waals surface area contributed by atoms with Crippen LogP contribution >= 0.6 is 0 Å². The number of aromatic nitrogens is 2. The SMILES string of the molecule is Cc1c(F)cccc1N(CC1CC1)[C@H]1CC[C@H](N(C)c2c(C#N)c(=O)n(C)c3ccc(C#N)nc23)CC1. The zero-order valence-electron chi connectivity index (χ0n) is 21.5. The van der Waals surface area contributed by atoms with Crippen LogP contribution < -0.4 is 15.4 Å². The minimum atomic E-state index is -0.366. The number of nitriles is 2. The second kappa shape index (κ2) is 9.86. The van der Waals surface area contributed by atoms with Gasteiger partial charge in [0.15, 0.2) is 0 Å². The molecule has 2 aliphatic rings. The number of pyridine rings is 2. The smallest absolute Gasteiger partial charge is 0.270 e. The van der Waals surface area contributed by atoms with Crippen LogP contribution in [0.5, 0.6) is 0 Å². The van der Waals surface area contributed by atoms with Crippen molar-refractivity contribution in [2.45, 2.75) is 57.5 Å². The van der Waals surface area contributed by atoms with Crippen LogP contribution in [0.4, 0.5) is 15.8 Å². The van der Waals surface area contributed by atoms with E-state index in [1.807, 2.05) is 24.9 Å². The Morgan fingerprint density at radius 2 is 1.76 bits per heavy atom. The standard InChI is InChI=1S/C29H31FN6O/c1-18-24(30)5-4-6-25(18)36(17-19-7-8-19)22-12-10-21(11-13-22)34(2)28-23(16-32)29(37)35(3)26-14-9-20(15-31)33-27(26)28/h4-6,9,14,19,21-22H,7-8,10-13,17H2,1-3H3/t21-,22-. The first-order valence-corrected chi connectivity index (χ1v) is 12.9. The van der Waals surface area contributed by atoms with Gasteiger partial charge in [-0.3, -0.25) is 4.79 Å². The second-order valence-electron chi connectivity index (χ2n) is 10.4. The molecule has 0 N–H and O–H groups in total. The Bertz CT molecular complexity index is 1490. The van der Waals surface area contributed by atoms with E-state index >= 15 is 0 Å². The molecule has 7 nitrogen and oxygen atoms in total. The summed E-state index contributed by atoms with van der Waals surface area (Å²) in [7, 11) is 3.54. The van der Waals surface area contributed by atoms with Crippen molar-refractivity contribution >= 4 is 22.4 Å². The van der Waals surface area contributed by atoms with Crippen LogP contribution in [-0.4, -0.2) is 35.2 Å². The van der Waals surface area contributed by atoms with E-state index in [9.17, 15) is 19.7 Å². The van der Waals surface area contributed by atoms with Crippen LogP contribution in [0.25, 0.3) is 11.0 Å². The van der Waals surface area contributed by atoms with Crippen LogP contribution in [0.3, 0.4) is 0 Å². The first kappa shape index (κ1) is 24.8. The average molecular weight is 499 g/mol. The first-order valence-electron chi connectivity index (χ1n) is 12.9. The lowest BCUT2D eigenvalue weighted by Crippen LogP contribution is -2.45. The lowest BCUT2D eigenvalue weighted by molar-refractivity contribution is 0.364. The summed E-state index contributed by atoms with van der Waals surface area (Å²) in [6.45, 7) is 2.81. The van der Waals surface area contributed by atoms with Gasteiger partial charge < -0.3 is 14.4 Å². The molecule has 8 heteroatoms. The van der Waals surface area contributed by atoms with Crippen molar-refractivity contribution in [2.24, 2.45) is 13.0 Å². The molecule has 3 aromatic rings. The maximum absolute atomic E-state index is 14.4. The number of nitrogens with zero attached hydrogens (tertiary/aromatic N) is 6. The van der Waals surface area contributed by atoms with E-state index in [0.717, 1.165) is 37.9 Å². The van der Waals surface area contributed by atoms with Crippen LogP contribution in [0.15, 0.2) is 35.1 Å². The minimum Gasteiger partial charge on any atom is -0.369 e. The summed E-state index contributed by atoms with van der Waals surface area (Å²) in [5.74, 6) is 0.506. The van der Waals surface area contributed by atoms with Gasteiger partial charge in [-0.1, -0.05) is 6.07 Å². The molecule has 1 aromatic carbocycles. The highest BCUT2D eigenvalue weighted by Crippen LogP contribution is 2.38. The highest BCUT2D eigenvalue weighted by molar-refractivity contribution is 5.92. The molecule has 2 fully saturated rings. The van der Waals surface area contributed by atoms with Gasteiger partial charge in [-0.25, -0.2) is 9.37 Å². The van der Waals surface area contributed by atoms with Crippen molar-refractivity contribution in [2.75, 3.05) is 23.4 Å². The van der Waals surface area contributed by atoms with Crippen LogP contribution in [0, 0.1) is 41.3 Å². The predicted molar refractivity (Wildman–Crippen MR) is 142 cm³/mol. The number of hydrogen-bond donors (Lipinski definition) is 0. The zero-order chi connectivity index (χ0) is 26.3. The van der Waals surface area contributed by atoms with Gasteiger partial charge in [0.2, 0.25) is 0 Å². The molecule has 190 valence electrons. The topological polar surface area (TPSA) is 89.0 Å². The van der Waals surface area contributed by atoms with E-state index in [0.29, 0.717) is 34.2 Å². The van der Waals surface area contributed by atoms with Crippen LogP contribution in [-0.2, 0) is 7.05 Å². The monoisotopic (exact) mass is 498 g/mol. The summed E-state index contributed by atoms with van der Waals surface area (Å²) in [5.41, 5.74) is 3.20. The number of halogens is 1. The molecule has 0 atom stereocenters. The molecule has 0 spiro atoms. The van der Waals surface area contributed by atoms with E-state index in [-0.39, 0.29) is 28.7 Å². The summed E-state index contributed by atoms with van der Waals surface area (Å²) in [6, 6.07) is 13.2.